The minimum atomic E-state index is -4.19. The average molecular weight is 452 g/mol. The summed E-state index contributed by atoms with van der Waals surface area (Å²) in [4.78, 5) is 15.2. The Morgan fingerprint density at radius 3 is 2.38 bits per heavy atom. The lowest BCUT2D eigenvalue weighted by Gasteiger charge is -2.17. The lowest BCUT2D eigenvalue weighted by atomic mass is 10.0. The first kappa shape index (κ1) is 21.3. The highest BCUT2D eigenvalue weighted by atomic mass is 32.2. The fraction of sp³-hybridized carbons (Fsp3) is 0.0435. The number of hydrogen-bond acceptors (Lipinski definition) is 5. The molecule has 0 aliphatic heterocycles. The first-order chi connectivity index (χ1) is 15.3. The number of benzene rings is 3. The molecule has 0 spiro atoms. The number of methoxy groups -OCH3 is 1. The molecule has 0 saturated carbocycles. The molecule has 7 nitrogen and oxygen atoms in total. The van der Waals surface area contributed by atoms with Crippen molar-refractivity contribution in [3.8, 4) is 16.9 Å². The number of anilines is 1. The van der Waals surface area contributed by atoms with Gasteiger partial charge in [0.05, 0.1) is 17.6 Å². The molecule has 4 aromatic rings. The third kappa shape index (κ3) is 3.85. The van der Waals surface area contributed by atoms with E-state index in [-0.39, 0.29) is 10.6 Å². The monoisotopic (exact) mass is 452 g/mol. The van der Waals surface area contributed by atoms with Crippen LogP contribution in [0.25, 0.3) is 21.9 Å². The quantitative estimate of drug-likeness (QED) is 0.445. The number of nitrogens with zero attached hydrogens (tertiary/aromatic N) is 1. The summed E-state index contributed by atoms with van der Waals surface area (Å²) in [5, 5.41) is 10.1. The van der Waals surface area contributed by atoms with Crippen molar-refractivity contribution < 1.29 is 27.4 Å². The predicted molar refractivity (Wildman–Crippen MR) is 118 cm³/mol. The molecule has 9 heteroatoms. The number of aromatic nitrogens is 1. The molecule has 1 heterocycles. The minimum absolute atomic E-state index is 0.0399. The van der Waals surface area contributed by atoms with Gasteiger partial charge in [-0.05, 0) is 42.0 Å². The van der Waals surface area contributed by atoms with Gasteiger partial charge in [0, 0.05) is 34.4 Å². The standard InChI is InChI=1S/C23H17FN2O5S/c1-31-22-17-5-3-2-4-16(17)21(13-18(22)14-8-10-25-11-9-14)32(29,30)26-15-6-7-20(24)19(12-15)23(27)28/h2-13,26H,1H3,(H,27,28). The Hall–Kier alpha value is -3.98. The van der Waals surface area contributed by atoms with Crippen LogP contribution in [-0.2, 0) is 10.0 Å². The first-order valence-electron chi connectivity index (χ1n) is 9.37. The topological polar surface area (TPSA) is 106 Å². The molecule has 32 heavy (non-hydrogen) atoms. The Bertz CT molecular complexity index is 1440. The third-order valence-corrected chi connectivity index (χ3v) is 6.31. The van der Waals surface area contributed by atoms with Crippen molar-refractivity contribution in [3.05, 3.63) is 84.4 Å². The van der Waals surface area contributed by atoms with Gasteiger partial charge in [0.15, 0.2) is 0 Å². The zero-order valence-corrected chi connectivity index (χ0v) is 17.6. The van der Waals surface area contributed by atoms with Gasteiger partial charge >= 0.3 is 5.97 Å². The highest BCUT2D eigenvalue weighted by Crippen LogP contribution is 2.40. The summed E-state index contributed by atoms with van der Waals surface area (Å²) in [7, 11) is -2.68. The maximum absolute atomic E-state index is 13.7. The van der Waals surface area contributed by atoms with Crippen LogP contribution >= 0.6 is 0 Å². The molecule has 0 fully saturated rings. The molecule has 2 N–H and O–H groups in total. The predicted octanol–water partition coefficient (Wildman–Crippen LogP) is 4.55. The number of pyridine rings is 1. The molecule has 0 unspecified atom stereocenters. The Kier molecular flexibility index (Phi) is 5.50. The van der Waals surface area contributed by atoms with Crippen LogP contribution in [0, 0.1) is 5.82 Å². The molecule has 3 aromatic carbocycles. The highest BCUT2D eigenvalue weighted by molar-refractivity contribution is 7.93. The minimum Gasteiger partial charge on any atom is -0.495 e. The number of carboxylic acid groups (broad SMARTS) is 1. The molecular formula is C23H17FN2O5S. The fourth-order valence-electron chi connectivity index (χ4n) is 3.47. The van der Waals surface area contributed by atoms with Crippen LogP contribution in [-0.4, -0.2) is 31.6 Å². The number of hydrogen-bond donors (Lipinski definition) is 2. The SMILES string of the molecule is COc1c(-c2ccncc2)cc(S(=O)(=O)Nc2ccc(F)c(C(=O)O)c2)c2ccccc12. The van der Waals surface area contributed by atoms with E-state index in [9.17, 15) is 17.6 Å². The van der Waals surface area contributed by atoms with Gasteiger partial charge in [-0.15, -0.1) is 0 Å². The number of carboxylic acids is 1. The molecule has 0 aliphatic rings. The Morgan fingerprint density at radius 1 is 1.03 bits per heavy atom. The van der Waals surface area contributed by atoms with Gasteiger partial charge in [-0.3, -0.25) is 9.71 Å². The molecule has 0 saturated heterocycles. The number of rotatable bonds is 6. The van der Waals surface area contributed by atoms with E-state index in [1.54, 1.807) is 48.8 Å². The number of nitrogens with one attached hydrogen (secondary N) is 1. The first-order valence-corrected chi connectivity index (χ1v) is 10.9. The smallest absolute Gasteiger partial charge is 0.338 e. The van der Waals surface area contributed by atoms with Crippen molar-refractivity contribution in [2.75, 3.05) is 11.8 Å². The summed E-state index contributed by atoms with van der Waals surface area (Å²) in [6.07, 6.45) is 3.17. The van der Waals surface area contributed by atoms with Crippen molar-refractivity contribution in [1.29, 1.82) is 0 Å². The van der Waals surface area contributed by atoms with Crippen LogP contribution in [0.4, 0.5) is 10.1 Å². The van der Waals surface area contributed by atoms with Crippen molar-refractivity contribution in [2.24, 2.45) is 0 Å². The van der Waals surface area contributed by atoms with Gasteiger partial charge in [0.2, 0.25) is 0 Å². The zero-order chi connectivity index (χ0) is 22.9. The number of carbonyl (C=O) groups is 1. The molecule has 0 bridgehead atoms. The van der Waals surface area contributed by atoms with Gasteiger partial charge in [0.1, 0.15) is 11.6 Å². The summed E-state index contributed by atoms with van der Waals surface area (Å²) in [6, 6.07) is 14.8. The van der Waals surface area contributed by atoms with E-state index in [1.807, 2.05) is 0 Å². The summed E-state index contributed by atoms with van der Waals surface area (Å²) >= 11 is 0. The van der Waals surface area contributed by atoms with Gasteiger partial charge in [-0.25, -0.2) is 17.6 Å². The Morgan fingerprint density at radius 2 is 1.72 bits per heavy atom. The van der Waals surface area contributed by atoms with Gasteiger partial charge < -0.3 is 9.84 Å². The summed E-state index contributed by atoms with van der Waals surface area (Å²) in [5.74, 6) is -1.96. The lowest BCUT2D eigenvalue weighted by molar-refractivity contribution is 0.0692. The molecule has 1 aromatic heterocycles. The second kappa shape index (κ2) is 8.27. The van der Waals surface area contributed by atoms with E-state index in [1.165, 1.54) is 13.2 Å². The van der Waals surface area contributed by atoms with E-state index >= 15 is 0 Å². The molecule has 0 aliphatic carbocycles. The number of halogens is 1. The van der Waals surface area contributed by atoms with Crippen molar-refractivity contribution >= 4 is 32.5 Å². The largest absolute Gasteiger partial charge is 0.495 e. The molecule has 0 atom stereocenters. The van der Waals surface area contributed by atoms with E-state index in [0.29, 0.717) is 27.6 Å². The van der Waals surface area contributed by atoms with Gasteiger partial charge in [-0.1, -0.05) is 24.3 Å². The second-order valence-corrected chi connectivity index (χ2v) is 8.49. The normalized spacial score (nSPS) is 11.3. The van der Waals surface area contributed by atoms with E-state index in [4.69, 9.17) is 9.84 Å². The lowest BCUT2D eigenvalue weighted by Crippen LogP contribution is -2.15. The fourth-order valence-corrected chi connectivity index (χ4v) is 4.75. The van der Waals surface area contributed by atoms with Gasteiger partial charge in [0.25, 0.3) is 10.0 Å². The van der Waals surface area contributed by atoms with Gasteiger partial charge in [-0.2, -0.15) is 0 Å². The molecule has 0 radical (unpaired) electrons. The second-order valence-electron chi connectivity index (χ2n) is 6.84. The number of sulfonamides is 1. The Balaban J connectivity index is 1.92. The number of aromatic carboxylic acids is 1. The molecule has 0 amide bonds. The maximum Gasteiger partial charge on any atom is 0.338 e. The molecular weight excluding hydrogens is 435 g/mol. The third-order valence-electron chi connectivity index (χ3n) is 4.89. The zero-order valence-electron chi connectivity index (χ0n) is 16.7. The van der Waals surface area contributed by atoms with E-state index in [0.717, 1.165) is 18.2 Å². The van der Waals surface area contributed by atoms with Crippen LogP contribution in [0.2, 0.25) is 0 Å². The highest BCUT2D eigenvalue weighted by Gasteiger charge is 2.23. The van der Waals surface area contributed by atoms with Crippen molar-refractivity contribution in [1.82, 2.24) is 4.98 Å². The summed E-state index contributed by atoms with van der Waals surface area (Å²) in [5.41, 5.74) is 0.532. The van der Waals surface area contributed by atoms with E-state index < -0.39 is 27.4 Å². The van der Waals surface area contributed by atoms with E-state index in [2.05, 4.69) is 9.71 Å². The van der Waals surface area contributed by atoms with Crippen molar-refractivity contribution in [2.45, 2.75) is 4.90 Å². The van der Waals surface area contributed by atoms with Crippen molar-refractivity contribution in [3.63, 3.8) is 0 Å². The summed E-state index contributed by atoms with van der Waals surface area (Å²) in [6.45, 7) is 0. The maximum atomic E-state index is 13.7. The summed E-state index contributed by atoms with van der Waals surface area (Å²) < 4.78 is 48.4. The van der Waals surface area contributed by atoms with Crippen LogP contribution in [0.1, 0.15) is 10.4 Å². The van der Waals surface area contributed by atoms with Crippen LogP contribution in [0.5, 0.6) is 5.75 Å². The Labute approximate surface area is 183 Å². The number of ether oxygens (including phenoxy) is 1. The number of fused-ring (bicyclic) bond motifs is 1. The molecule has 4 rings (SSSR count). The van der Waals surface area contributed by atoms with Crippen LogP contribution in [0.3, 0.4) is 0 Å². The molecule has 162 valence electrons. The van der Waals surface area contributed by atoms with Crippen LogP contribution in [0.15, 0.2) is 78.0 Å². The van der Waals surface area contributed by atoms with Crippen LogP contribution < -0.4 is 9.46 Å². The average Bonchev–Trinajstić information content (AvgIpc) is 2.79.